The third kappa shape index (κ3) is 2.31. The van der Waals surface area contributed by atoms with E-state index in [1.807, 2.05) is 24.3 Å². The van der Waals surface area contributed by atoms with Crippen LogP contribution in [0.1, 0.15) is 37.7 Å². The SMILES string of the molecule is CC1(C(=O)O)CCCN1C(=O)C1CC1c1ccccc1Cl. The van der Waals surface area contributed by atoms with Gasteiger partial charge in [-0.15, -0.1) is 0 Å². The monoisotopic (exact) mass is 307 g/mol. The summed E-state index contributed by atoms with van der Waals surface area (Å²) < 4.78 is 0. The fourth-order valence-electron chi connectivity index (χ4n) is 3.33. The van der Waals surface area contributed by atoms with Crippen LogP contribution in [0.3, 0.4) is 0 Å². The van der Waals surface area contributed by atoms with Gasteiger partial charge in [0.15, 0.2) is 0 Å². The summed E-state index contributed by atoms with van der Waals surface area (Å²) in [6.45, 7) is 2.18. The average molecular weight is 308 g/mol. The minimum absolute atomic E-state index is 0.0395. The highest BCUT2D eigenvalue weighted by Crippen LogP contribution is 2.51. The molecule has 112 valence electrons. The number of carbonyl (C=O) groups excluding carboxylic acids is 1. The molecular formula is C16H18ClNO3. The first-order chi connectivity index (χ1) is 9.95. The zero-order valence-corrected chi connectivity index (χ0v) is 12.6. The van der Waals surface area contributed by atoms with Crippen molar-refractivity contribution in [3.05, 3.63) is 34.9 Å². The molecule has 2 fully saturated rings. The molecule has 1 amide bonds. The number of benzene rings is 1. The Morgan fingerprint density at radius 1 is 1.38 bits per heavy atom. The fraction of sp³-hybridized carbons (Fsp3) is 0.500. The molecule has 3 atom stereocenters. The quantitative estimate of drug-likeness (QED) is 0.934. The van der Waals surface area contributed by atoms with Gasteiger partial charge >= 0.3 is 5.97 Å². The molecule has 1 saturated carbocycles. The molecule has 3 unspecified atom stereocenters. The van der Waals surface area contributed by atoms with Gasteiger partial charge in [-0.1, -0.05) is 29.8 Å². The third-order valence-electron chi connectivity index (χ3n) is 4.78. The van der Waals surface area contributed by atoms with Crippen molar-refractivity contribution >= 4 is 23.5 Å². The Bertz CT molecular complexity index is 603. The van der Waals surface area contributed by atoms with Crippen LogP contribution in [0.2, 0.25) is 5.02 Å². The van der Waals surface area contributed by atoms with E-state index in [4.69, 9.17) is 11.6 Å². The maximum Gasteiger partial charge on any atom is 0.329 e. The van der Waals surface area contributed by atoms with E-state index in [0.717, 1.165) is 18.4 Å². The van der Waals surface area contributed by atoms with Crippen LogP contribution in [0.25, 0.3) is 0 Å². The Kier molecular flexibility index (Phi) is 3.44. The number of hydrogen-bond acceptors (Lipinski definition) is 2. The normalized spacial score (nSPS) is 31.2. The number of rotatable bonds is 3. The van der Waals surface area contributed by atoms with E-state index in [0.29, 0.717) is 18.0 Å². The molecule has 1 aliphatic heterocycles. The first kappa shape index (κ1) is 14.4. The van der Waals surface area contributed by atoms with Gasteiger partial charge in [-0.2, -0.15) is 0 Å². The standard InChI is InChI=1S/C16H18ClNO3/c1-16(15(20)21)7-4-8-18(16)14(19)12-9-11(12)10-5-2-3-6-13(10)17/h2-3,5-6,11-12H,4,7-9H2,1H3,(H,20,21). The van der Waals surface area contributed by atoms with Crippen LogP contribution in [0.15, 0.2) is 24.3 Å². The van der Waals surface area contributed by atoms with Gasteiger partial charge in [0.25, 0.3) is 0 Å². The molecule has 1 heterocycles. The molecule has 0 bridgehead atoms. The van der Waals surface area contributed by atoms with E-state index in [-0.39, 0.29) is 17.7 Å². The molecule has 1 aromatic rings. The molecule has 1 aromatic carbocycles. The number of nitrogens with zero attached hydrogens (tertiary/aromatic N) is 1. The minimum atomic E-state index is -1.05. The van der Waals surface area contributed by atoms with Crippen molar-refractivity contribution in [1.82, 2.24) is 4.90 Å². The van der Waals surface area contributed by atoms with Gasteiger partial charge in [0, 0.05) is 17.5 Å². The molecule has 21 heavy (non-hydrogen) atoms. The van der Waals surface area contributed by atoms with Gasteiger partial charge in [0.2, 0.25) is 5.91 Å². The first-order valence-corrected chi connectivity index (χ1v) is 7.62. The largest absolute Gasteiger partial charge is 0.480 e. The smallest absolute Gasteiger partial charge is 0.329 e. The maximum atomic E-state index is 12.6. The molecule has 4 nitrogen and oxygen atoms in total. The van der Waals surface area contributed by atoms with Gasteiger partial charge in [0.1, 0.15) is 5.54 Å². The van der Waals surface area contributed by atoms with Crippen molar-refractivity contribution in [2.24, 2.45) is 5.92 Å². The predicted molar refractivity (Wildman–Crippen MR) is 79.3 cm³/mol. The molecule has 2 aliphatic rings. The van der Waals surface area contributed by atoms with Crippen molar-refractivity contribution in [3.8, 4) is 0 Å². The summed E-state index contributed by atoms with van der Waals surface area (Å²) in [4.78, 5) is 25.7. The molecular weight excluding hydrogens is 290 g/mol. The number of amides is 1. The summed E-state index contributed by atoms with van der Waals surface area (Å²) in [6, 6.07) is 7.56. The summed E-state index contributed by atoms with van der Waals surface area (Å²) in [6.07, 6.45) is 2.03. The van der Waals surface area contributed by atoms with E-state index in [9.17, 15) is 14.7 Å². The number of halogens is 1. The second-order valence-corrected chi connectivity index (χ2v) is 6.55. The number of likely N-dealkylation sites (tertiary alicyclic amines) is 1. The third-order valence-corrected chi connectivity index (χ3v) is 5.12. The number of aliphatic carboxylic acids is 1. The predicted octanol–water partition coefficient (Wildman–Crippen LogP) is 2.91. The Balaban J connectivity index is 1.77. The highest BCUT2D eigenvalue weighted by Gasteiger charge is 2.53. The lowest BCUT2D eigenvalue weighted by Crippen LogP contribution is -2.51. The lowest BCUT2D eigenvalue weighted by Gasteiger charge is -2.31. The van der Waals surface area contributed by atoms with Crippen LogP contribution in [-0.4, -0.2) is 34.0 Å². The van der Waals surface area contributed by atoms with Crippen LogP contribution >= 0.6 is 11.6 Å². The summed E-state index contributed by atoms with van der Waals surface area (Å²) in [5.41, 5.74) is -0.0567. The topological polar surface area (TPSA) is 57.6 Å². The van der Waals surface area contributed by atoms with E-state index in [2.05, 4.69) is 0 Å². The lowest BCUT2D eigenvalue weighted by atomic mass is 9.98. The Hall–Kier alpha value is -1.55. The number of carboxylic acids is 1. The minimum Gasteiger partial charge on any atom is -0.480 e. The molecule has 3 rings (SSSR count). The maximum absolute atomic E-state index is 12.6. The second kappa shape index (κ2) is 5.02. The Morgan fingerprint density at radius 2 is 2.10 bits per heavy atom. The van der Waals surface area contributed by atoms with E-state index >= 15 is 0 Å². The molecule has 1 saturated heterocycles. The molecule has 5 heteroatoms. The van der Waals surface area contributed by atoms with Crippen molar-refractivity contribution in [2.75, 3.05) is 6.54 Å². The number of hydrogen-bond donors (Lipinski definition) is 1. The highest BCUT2D eigenvalue weighted by atomic mass is 35.5. The van der Waals surface area contributed by atoms with Gasteiger partial charge in [-0.3, -0.25) is 4.79 Å². The summed E-state index contributed by atoms with van der Waals surface area (Å²) in [5.74, 6) is -0.947. The molecule has 1 N–H and O–H groups in total. The van der Waals surface area contributed by atoms with E-state index < -0.39 is 11.5 Å². The van der Waals surface area contributed by atoms with Gasteiger partial charge in [0.05, 0.1) is 0 Å². The summed E-state index contributed by atoms with van der Waals surface area (Å²) >= 11 is 6.18. The van der Waals surface area contributed by atoms with Crippen LogP contribution in [0, 0.1) is 5.92 Å². The zero-order valence-electron chi connectivity index (χ0n) is 11.9. The Morgan fingerprint density at radius 3 is 2.76 bits per heavy atom. The van der Waals surface area contributed by atoms with Gasteiger partial charge in [-0.25, -0.2) is 4.79 Å². The first-order valence-electron chi connectivity index (χ1n) is 7.24. The molecule has 0 spiro atoms. The molecule has 0 aromatic heterocycles. The highest BCUT2D eigenvalue weighted by molar-refractivity contribution is 6.31. The van der Waals surface area contributed by atoms with E-state index in [1.54, 1.807) is 11.8 Å². The van der Waals surface area contributed by atoms with Crippen molar-refractivity contribution < 1.29 is 14.7 Å². The number of carbonyl (C=O) groups is 2. The van der Waals surface area contributed by atoms with Gasteiger partial charge in [-0.05, 0) is 43.7 Å². The molecule has 1 aliphatic carbocycles. The van der Waals surface area contributed by atoms with Gasteiger partial charge < -0.3 is 10.0 Å². The van der Waals surface area contributed by atoms with Crippen molar-refractivity contribution in [2.45, 2.75) is 37.6 Å². The fourth-order valence-corrected chi connectivity index (χ4v) is 3.60. The summed E-state index contributed by atoms with van der Waals surface area (Å²) in [5, 5.41) is 10.1. The second-order valence-electron chi connectivity index (χ2n) is 6.14. The average Bonchev–Trinajstić information content (AvgIpc) is 3.14. The summed E-state index contributed by atoms with van der Waals surface area (Å²) in [7, 11) is 0. The lowest BCUT2D eigenvalue weighted by molar-refractivity contribution is -0.155. The van der Waals surface area contributed by atoms with Crippen LogP contribution in [0.5, 0.6) is 0 Å². The molecule has 0 radical (unpaired) electrons. The van der Waals surface area contributed by atoms with Crippen LogP contribution < -0.4 is 0 Å². The van der Waals surface area contributed by atoms with Crippen molar-refractivity contribution in [1.29, 1.82) is 0 Å². The van der Waals surface area contributed by atoms with Crippen LogP contribution in [0.4, 0.5) is 0 Å². The van der Waals surface area contributed by atoms with E-state index in [1.165, 1.54) is 0 Å². The van der Waals surface area contributed by atoms with Crippen LogP contribution in [-0.2, 0) is 9.59 Å². The zero-order chi connectivity index (χ0) is 15.2. The number of carboxylic acid groups (broad SMARTS) is 1. The Labute approximate surface area is 128 Å². The van der Waals surface area contributed by atoms with Crippen molar-refractivity contribution in [3.63, 3.8) is 0 Å².